The molecule has 126 valence electrons. The van der Waals surface area contributed by atoms with E-state index in [2.05, 4.69) is 5.32 Å². The van der Waals surface area contributed by atoms with Gasteiger partial charge < -0.3 is 25.3 Å². The highest BCUT2D eigenvalue weighted by Gasteiger charge is 2.21. The molecule has 0 fully saturated rings. The fourth-order valence-electron chi connectivity index (χ4n) is 2.40. The third-order valence-corrected chi connectivity index (χ3v) is 3.65. The van der Waals surface area contributed by atoms with Crippen molar-refractivity contribution < 1.29 is 19.0 Å². The van der Waals surface area contributed by atoms with Gasteiger partial charge in [0.1, 0.15) is 18.5 Å². The van der Waals surface area contributed by atoms with Crippen LogP contribution in [0.15, 0.2) is 48.5 Å². The summed E-state index contributed by atoms with van der Waals surface area (Å²) in [5, 5.41) is 2.79. The minimum atomic E-state index is -0.222. The molecule has 1 aliphatic heterocycles. The number of hydrogen-bond donors (Lipinski definition) is 2. The SMILES string of the molecule is NCc1ccccc1OCC(=O)NCC1COc2ccccc2O1. The van der Waals surface area contributed by atoms with E-state index >= 15 is 0 Å². The number of para-hydroxylation sites is 3. The van der Waals surface area contributed by atoms with Crippen molar-refractivity contribution in [2.45, 2.75) is 12.6 Å². The van der Waals surface area contributed by atoms with E-state index in [0.29, 0.717) is 31.2 Å². The average molecular weight is 328 g/mol. The average Bonchev–Trinajstić information content (AvgIpc) is 2.64. The maximum absolute atomic E-state index is 11.9. The summed E-state index contributed by atoms with van der Waals surface area (Å²) in [6, 6.07) is 14.9. The first-order valence-electron chi connectivity index (χ1n) is 7.82. The Balaban J connectivity index is 1.45. The molecule has 2 aromatic carbocycles. The predicted octanol–water partition coefficient (Wildman–Crippen LogP) is 1.48. The van der Waals surface area contributed by atoms with Crippen LogP contribution in [-0.2, 0) is 11.3 Å². The van der Waals surface area contributed by atoms with Gasteiger partial charge in [0.25, 0.3) is 5.91 Å². The summed E-state index contributed by atoms with van der Waals surface area (Å²) in [5.41, 5.74) is 6.51. The Labute approximate surface area is 140 Å². The molecule has 0 saturated heterocycles. The third kappa shape index (κ3) is 3.97. The van der Waals surface area contributed by atoms with E-state index < -0.39 is 0 Å². The number of hydrogen-bond acceptors (Lipinski definition) is 5. The van der Waals surface area contributed by atoms with Gasteiger partial charge in [-0.3, -0.25) is 4.79 Å². The highest BCUT2D eigenvalue weighted by molar-refractivity contribution is 5.77. The summed E-state index contributed by atoms with van der Waals surface area (Å²) < 4.78 is 16.9. The standard InChI is InChI=1S/C18H20N2O4/c19-9-13-5-1-2-6-15(13)23-12-18(21)20-10-14-11-22-16-7-3-4-8-17(16)24-14/h1-8,14H,9-12,19H2,(H,20,21). The molecule has 0 aliphatic carbocycles. The molecule has 0 bridgehead atoms. The van der Waals surface area contributed by atoms with Gasteiger partial charge in [0.05, 0.1) is 6.54 Å². The van der Waals surface area contributed by atoms with E-state index in [-0.39, 0.29) is 18.6 Å². The summed E-state index contributed by atoms with van der Waals surface area (Å²) in [6.07, 6.45) is -0.222. The number of nitrogens with one attached hydrogen (secondary N) is 1. The first-order chi connectivity index (χ1) is 11.8. The molecule has 24 heavy (non-hydrogen) atoms. The first kappa shape index (κ1) is 16.1. The third-order valence-electron chi connectivity index (χ3n) is 3.65. The van der Waals surface area contributed by atoms with Crippen molar-refractivity contribution in [3.63, 3.8) is 0 Å². The second kappa shape index (κ2) is 7.70. The van der Waals surface area contributed by atoms with E-state index in [1.54, 1.807) is 6.07 Å². The van der Waals surface area contributed by atoms with Crippen molar-refractivity contribution in [3.8, 4) is 17.2 Å². The Morgan fingerprint density at radius 3 is 2.75 bits per heavy atom. The number of carbonyl (C=O) groups excluding carboxylic acids is 1. The van der Waals surface area contributed by atoms with Gasteiger partial charge in [-0.2, -0.15) is 0 Å². The minimum absolute atomic E-state index is 0.0683. The Kier molecular flexibility index (Phi) is 5.18. The summed E-state index contributed by atoms with van der Waals surface area (Å²) in [7, 11) is 0. The quantitative estimate of drug-likeness (QED) is 0.839. The van der Waals surface area contributed by atoms with Gasteiger partial charge in [0.2, 0.25) is 0 Å². The van der Waals surface area contributed by atoms with E-state index in [1.807, 2.05) is 42.5 Å². The van der Waals surface area contributed by atoms with Crippen LogP contribution in [0.3, 0.4) is 0 Å². The molecule has 1 unspecified atom stereocenters. The Bertz CT molecular complexity index is 705. The molecule has 6 nitrogen and oxygen atoms in total. The van der Waals surface area contributed by atoms with E-state index in [4.69, 9.17) is 19.9 Å². The molecule has 0 aromatic heterocycles. The highest BCUT2D eigenvalue weighted by atomic mass is 16.6. The van der Waals surface area contributed by atoms with Crippen LogP contribution < -0.4 is 25.3 Å². The molecule has 0 spiro atoms. The maximum Gasteiger partial charge on any atom is 0.258 e. The van der Waals surface area contributed by atoms with Crippen LogP contribution >= 0.6 is 0 Å². The van der Waals surface area contributed by atoms with Gasteiger partial charge in [-0.25, -0.2) is 0 Å². The Hall–Kier alpha value is -2.73. The van der Waals surface area contributed by atoms with Crippen LogP contribution in [-0.4, -0.2) is 31.8 Å². The lowest BCUT2D eigenvalue weighted by atomic mass is 10.2. The Morgan fingerprint density at radius 1 is 1.17 bits per heavy atom. The Morgan fingerprint density at radius 2 is 1.92 bits per heavy atom. The van der Waals surface area contributed by atoms with Crippen molar-refractivity contribution >= 4 is 5.91 Å². The second-order valence-electron chi connectivity index (χ2n) is 5.40. The summed E-state index contributed by atoms with van der Waals surface area (Å²) >= 11 is 0. The highest BCUT2D eigenvalue weighted by Crippen LogP contribution is 2.30. The lowest BCUT2D eigenvalue weighted by Gasteiger charge is -2.26. The molecule has 3 N–H and O–H groups in total. The van der Waals surface area contributed by atoms with Crippen LogP contribution in [0.5, 0.6) is 17.2 Å². The van der Waals surface area contributed by atoms with Crippen LogP contribution in [0.4, 0.5) is 0 Å². The maximum atomic E-state index is 11.9. The minimum Gasteiger partial charge on any atom is -0.486 e. The fourth-order valence-corrected chi connectivity index (χ4v) is 2.40. The molecular formula is C18H20N2O4. The van der Waals surface area contributed by atoms with Crippen molar-refractivity contribution in [1.29, 1.82) is 0 Å². The van der Waals surface area contributed by atoms with Crippen LogP contribution in [0.2, 0.25) is 0 Å². The van der Waals surface area contributed by atoms with Crippen molar-refractivity contribution in [2.24, 2.45) is 5.73 Å². The molecule has 1 heterocycles. The number of rotatable bonds is 6. The van der Waals surface area contributed by atoms with Gasteiger partial charge in [-0.1, -0.05) is 30.3 Å². The number of amides is 1. The monoisotopic (exact) mass is 328 g/mol. The molecule has 6 heteroatoms. The number of ether oxygens (including phenoxy) is 3. The molecule has 1 amide bonds. The van der Waals surface area contributed by atoms with Crippen LogP contribution in [0, 0.1) is 0 Å². The molecule has 2 aromatic rings. The molecule has 0 saturated carbocycles. The zero-order valence-electron chi connectivity index (χ0n) is 13.2. The number of fused-ring (bicyclic) bond motifs is 1. The van der Waals surface area contributed by atoms with Gasteiger partial charge in [-0.15, -0.1) is 0 Å². The molecule has 1 atom stereocenters. The zero-order chi connectivity index (χ0) is 16.8. The predicted molar refractivity (Wildman–Crippen MR) is 89.2 cm³/mol. The van der Waals surface area contributed by atoms with Crippen molar-refractivity contribution in [2.75, 3.05) is 19.8 Å². The summed E-state index contributed by atoms with van der Waals surface area (Å²) in [6.45, 7) is 1.05. The fraction of sp³-hybridized carbons (Fsp3) is 0.278. The largest absolute Gasteiger partial charge is 0.486 e. The van der Waals surface area contributed by atoms with Gasteiger partial charge in [0.15, 0.2) is 18.1 Å². The van der Waals surface area contributed by atoms with E-state index in [9.17, 15) is 4.79 Å². The van der Waals surface area contributed by atoms with Crippen LogP contribution in [0.1, 0.15) is 5.56 Å². The normalized spacial score (nSPS) is 15.6. The molecule has 0 radical (unpaired) electrons. The molecule has 1 aliphatic rings. The van der Waals surface area contributed by atoms with E-state index in [1.165, 1.54) is 0 Å². The lowest BCUT2D eigenvalue weighted by molar-refractivity contribution is -0.123. The topological polar surface area (TPSA) is 82.8 Å². The second-order valence-corrected chi connectivity index (χ2v) is 5.40. The summed E-state index contributed by atoms with van der Waals surface area (Å²) in [4.78, 5) is 11.9. The molecule has 3 rings (SSSR count). The lowest BCUT2D eigenvalue weighted by Crippen LogP contribution is -2.42. The van der Waals surface area contributed by atoms with Gasteiger partial charge in [0, 0.05) is 12.1 Å². The van der Waals surface area contributed by atoms with Crippen LogP contribution in [0.25, 0.3) is 0 Å². The van der Waals surface area contributed by atoms with Gasteiger partial charge >= 0.3 is 0 Å². The van der Waals surface area contributed by atoms with Gasteiger partial charge in [-0.05, 0) is 18.2 Å². The summed E-state index contributed by atoms with van der Waals surface area (Å²) in [5.74, 6) is 1.82. The van der Waals surface area contributed by atoms with E-state index in [0.717, 1.165) is 11.3 Å². The van der Waals surface area contributed by atoms with Crippen molar-refractivity contribution in [3.05, 3.63) is 54.1 Å². The zero-order valence-corrected chi connectivity index (χ0v) is 13.2. The van der Waals surface area contributed by atoms with Crippen molar-refractivity contribution in [1.82, 2.24) is 5.32 Å². The number of nitrogens with two attached hydrogens (primary N) is 1. The first-order valence-corrected chi connectivity index (χ1v) is 7.82. The number of benzene rings is 2. The number of carbonyl (C=O) groups is 1. The molecular weight excluding hydrogens is 308 g/mol. The smallest absolute Gasteiger partial charge is 0.258 e.